The predicted molar refractivity (Wildman–Crippen MR) is 71.3 cm³/mol. The molecule has 19 heavy (non-hydrogen) atoms. The summed E-state index contributed by atoms with van der Waals surface area (Å²) in [4.78, 5) is 0. The second-order valence-electron chi connectivity index (χ2n) is 5.56. The third kappa shape index (κ3) is 2.97. The van der Waals surface area contributed by atoms with Crippen molar-refractivity contribution in [3.05, 3.63) is 46.5 Å². The number of allylic oxidation sites excluding steroid dienone is 2. The number of benzene rings is 1. The lowest BCUT2D eigenvalue weighted by Crippen LogP contribution is -2.25. The summed E-state index contributed by atoms with van der Waals surface area (Å²) in [5.74, 6) is 0.472. The van der Waals surface area contributed by atoms with E-state index >= 15 is 0 Å². The van der Waals surface area contributed by atoms with E-state index in [2.05, 4.69) is 13.0 Å². The standard InChI is InChI=1S/C15H16ClF3/c1-10-4-3-7-14(2,9-10)11-5-6-13(16)12(8-11)15(17,18)19/h3,5-8,10H,4,9H2,1-2H3/t10-,14+/m1/s1. The molecule has 1 aliphatic carbocycles. The van der Waals surface area contributed by atoms with E-state index in [1.807, 2.05) is 13.0 Å². The predicted octanol–water partition coefficient (Wildman–Crippen LogP) is 5.60. The quantitative estimate of drug-likeness (QED) is 0.590. The Labute approximate surface area is 116 Å². The van der Waals surface area contributed by atoms with E-state index in [0.29, 0.717) is 11.5 Å². The molecule has 0 aromatic heterocycles. The molecule has 0 saturated carbocycles. The Kier molecular flexibility index (Phi) is 3.69. The Balaban J connectivity index is 2.47. The largest absolute Gasteiger partial charge is 0.417 e. The summed E-state index contributed by atoms with van der Waals surface area (Å²) in [6, 6.07) is 4.22. The van der Waals surface area contributed by atoms with E-state index in [1.54, 1.807) is 6.07 Å². The first-order valence-corrected chi connectivity index (χ1v) is 6.65. The van der Waals surface area contributed by atoms with E-state index in [4.69, 9.17) is 11.6 Å². The Morgan fingerprint density at radius 3 is 2.58 bits per heavy atom. The van der Waals surface area contributed by atoms with Gasteiger partial charge in [-0.2, -0.15) is 13.2 Å². The van der Waals surface area contributed by atoms with Gasteiger partial charge in [-0.05, 0) is 36.5 Å². The molecule has 0 aliphatic heterocycles. The van der Waals surface area contributed by atoms with Crippen molar-refractivity contribution in [1.29, 1.82) is 0 Å². The molecule has 2 rings (SSSR count). The number of hydrogen-bond acceptors (Lipinski definition) is 0. The summed E-state index contributed by atoms with van der Waals surface area (Å²) in [5.41, 5.74) is -0.422. The molecule has 1 aromatic carbocycles. The average Bonchev–Trinajstić information content (AvgIpc) is 2.27. The Hall–Kier alpha value is -0.960. The molecule has 4 heteroatoms. The zero-order chi connectivity index (χ0) is 14.3. The third-order valence-electron chi connectivity index (χ3n) is 3.73. The van der Waals surface area contributed by atoms with Crippen molar-refractivity contribution in [3.8, 4) is 0 Å². The number of halogens is 4. The first-order chi connectivity index (χ1) is 8.72. The van der Waals surface area contributed by atoms with Crippen molar-refractivity contribution in [3.63, 3.8) is 0 Å². The number of rotatable bonds is 1. The summed E-state index contributed by atoms with van der Waals surface area (Å²) in [6.07, 6.45) is 1.48. The average molecular weight is 289 g/mol. The number of hydrogen-bond donors (Lipinski definition) is 0. The van der Waals surface area contributed by atoms with Crippen molar-refractivity contribution in [2.24, 2.45) is 5.92 Å². The maximum absolute atomic E-state index is 12.9. The zero-order valence-electron chi connectivity index (χ0n) is 10.9. The normalized spacial score (nSPS) is 27.6. The summed E-state index contributed by atoms with van der Waals surface area (Å²) in [7, 11) is 0. The minimum atomic E-state index is -4.41. The van der Waals surface area contributed by atoms with Gasteiger partial charge in [-0.3, -0.25) is 0 Å². The van der Waals surface area contributed by atoms with Crippen LogP contribution in [0.5, 0.6) is 0 Å². The van der Waals surface area contributed by atoms with E-state index in [9.17, 15) is 13.2 Å². The maximum atomic E-state index is 12.9. The van der Waals surface area contributed by atoms with Gasteiger partial charge in [-0.15, -0.1) is 0 Å². The van der Waals surface area contributed by atoms with Crippen molar-refractivity contribution in [2.45, 2.75) is 38.3 Å². The molecule has 0 saturated heterocycles. The van der Waals surface area contributed by atoms with Gasteiger partial charge in [0.25, 0.3) is 0 Å². The molecule has 1 aliphatic rings. The van der Waals surface area contributed by atoms with Crippen LogP contribution >= 0.6 is 11.6 Å². The fraction of sp³-hybridized carbons (Fsp3) is 0.467. The van der Waals surface area contributed by atoms with E-state index in [-0.39, 0.29) is 10.4 Å². The first kappa shape index (κ1) is 14.4. The second-order valence-corrected chi connectivity index (χ2v) is 5.96. The minimum Gasteiger partial charge on any atom is -0.166 e. The van der Waals surface area contributed by atoms with E-state index in [0.717, 1.165) is 12.8 Å². The van der Waals surface area contributed by atoms with Crippen LogP contribution in [-0.4, -0.2) is 0 Å². The molecule has 2 atom stereocenters. The highest BCUT2D eigenvalue weighted by atomic mass is 35.5. The molecule has 0 spiro atoms. The third-order valence-corrected chi connectivity index (χ3v) is 4.06. The molecule has 0 bridgehead atoms. The van der Waals surface area contributed by atoms with Crippen molar-refractivity contribution in [2.75, 3.05) is 0 Å². The van der Waals surface area contributed by atoms with Gasteiger partial charge >= 0.3 is 6.18 Å². The van der Waals surface area contributed by atoms with Crippen LogP contribution < -0.4 is 0 Å². The topological polar surface area (TPSA) is 0 Å². The molecule has 1 aromatic rings. The van der Waals surface area contributed by atoms with Gasteiger partial charge in [0.05, 0.1) is 10.6 Å². The van der Waals surface area contributed by atoms with Gasteiger partial charge in [0.15, 0.2) is 0 Å². The van der Waals surface area contributed by atoms with Crippen LogP contribution in [0.3, 0.4) is 0 Å². The fourth-order valence-corrected chi connectivity index (χ4v) is 2.97. The highest BCUT2D eigenvalue weighted by Gasteiger charge is 2.36. The lowest BCUT2D eigenvalue weighted by atomic mass is 9.71. The minimum absolute atomic E-state index is 0.243. The van der Waals surface area contributed by atoms with Crippen LogP contribution in [-0.2, 0) is 11.6 Å². The summed E-state index contributed by atoms with van der Waals surface area (Å²) >= 11 is 5.66. The lowest BCUT2D eigenvalue weighted by molar-refractivity contribution is -0.137. The SMILES string of the molecule is C[C@@H]1CC=C[C@](C)(c2ccc(Cl)c(C(F)(F)F)c2)C1. The van der Waals surface area contributed by atoms with Gasteiger partial charge in [-0.25, -0.2) is 0 Å². The van der Waals surface area contributed by atoms with Crippen LogP contribution in [0.1, 0.15) is 37.8 Å². The second kappa shape index (κ2) is 4.86. The van der Waals surface area contributed by atoms with Gasteiger partial charge < -0.3 is 0 Å². The highest BCUT2D eigenvalue weighted by molar-refractivity contribution is 6.31. The number of alkyl halides is 3. The monoisotopic (exact) mass is 288 g/mol. The Bertz CT molecular complexity index is 505. The van der Waals surface area contributed by atoms with Gasteiger partial charge in [0.2, 0.25) is 0 Å². The molecule has 104 valence electrons. The van der Waals surface area contributed by atoms with Gasteiger partial charge in [0, 0.05) is 5.41 Å². The van der Waals surface area contributed by atoms with Gasteiger partial charge in [0.1, 0.15) is 0 Å². The Morgan fingerprint density at radius 1 is 1.32 bits per heavy atom. The molecule has 0 N–H and O–H groups in total. The van der Waals surface area contributed by atoms with E-state index in [1.165, 1.54) is 12.1 Å². The first-order valence-electron chi connectivity index (χ1n) is 6.27. The van der Waals surface area contributed by atoms with Crippen LogP contribution in [0.2, 0.25) is 5.02 Å². The molecule has 0 unspecified atom stereocenters. The molecule has 0 nitrogen and oxygen atoms in total. The highest BCUT2D eigenvalue weighted by Crippen LogP contribution is 2.41. The van der Waals surface area contributed by atoms with Crippen molar-refractivity contribution >= 4 is 11.6 Å². The molecular weight excluding hydrogens is 273 g/mol. The van der Waals surface area contributed by atoms with Crippen LogP contribution in [0, 0.1) is 5.92 Å². The van der Waals surface area contributed by atoms with Crippen LogP contribution in [0.25, 0.3) is 0 Å². The molecule has 0 amide bonds. The zero-order valence-corrected chi connectivity index (χ0v) is 11.6. The van der Waals surface area contributed by atoms with Crippen molar-refractivity contribution < 1.29 is 13.2 Å². The summed E-state index contributed by atoms with van der Waals surface area (Å²) < 4.78 is 38.7. The molecule has 0 fully saturated rings. The molecular formula is C15H16ClF3. The fourth-order valence-electron chi connectivity index (χ4n) is 2.75. The van der Waals surface area contributed by atoms with E-state index < -0.39 is 11.7 Å². The lowest BCUT2D eigenvalue weighted by Gasteiger charge is -2.33. The smallest absolute Gasteiger partial charge is 0.166 e. The van der Waals surface area contributed by atoms with Crippen LogP contribution in [0.4, 0.5) is 13.2 Å². The maximum Gasteiger partial charge on any atom is 0.417 e. The Morgan fingerprint density at radius 2 is 2.00 bits per heavy atom. The molecule has 0 heterocycles. The van der Waals surface area contributed by atoms with Crippen LogP contribution in [0.15, 0.2) is 30.4 Å². The van der Waals surface area contributed by atoms with Crippen molar-refractivity contribution in [1.82, 2.24) is 0 Å². The molecule has 0 radical (unpaired) electrons. The summed E-state index contributed by atoms with van der Waals surface area (Å²) in [5, 5.41) is -0.243. The summed E-state index contributed by atoms with van der Waals surface area (Å²) in [6.45, 7) is 4.09. The van der Waals surface area contributed by atoms with Gasteiger partial charge in [-0.1, -0.05) is 43.7 Å².